The first kappa shape index (κ1) is 28.2. The minimum absolute atomic E-state index is 0.0249. The van der Waals surface area contributed by atoms with Crippen LogP contribution in [0.3, 0.4) is 0 Å². The van der Waals surface area contributed by atoms with Crippen LogP contribution in [0.2, 0.25) is 0 Å². The molecule has 0 rings (SSSR count). The lowest BCUT2D eigenvalue weighted by atomic mass is 9.88. The third kappa shape index (κ3) is 15.1. The van der Waals surface area contributed by atoms with Gasteiger partial charge in [0.1, 0.15) is 24.8 Å². The monoisotopic (exact) mass is 430 g/mol. The molecule has 0 saturated carbocycles. The Morgan fingerprint density at radius 2 is 0.800 bits per heavy atom. The largest absolute Gasteiger partial charge is 0.463 e. The molecule has 0 aromatic carbocycles. The highest BCUT2D eigenvalue weighted by atomic mass is 16.6. The number of hydrogen-bond donors (Lipinski definition) is 0. The van der Waals surface area contributed by atoms with E-state index in [2.05, 4.69) is 0 Å². The summed E-state index contributed by atoms with van der Waals surface area (Å²) in [6.45, 7) is 12.2. The van der Waals surface area contributed by atoms with E-state index in [1.165, 1.54) is 0 Å². The highest BCUT2D eigenvalue weighted by Crippen LogP contribution is 2.18. The lowest BCUT2D eigenvalue weighted by Gasteiger charge is -2.15. The quantitative estimate of drug-likeness (QED) is 0.288. The Labute approximate surface area is 180 Å². The lowest BCUT2D eigenvalue weighted by Crippen LogP contribution is -2.22. The summed E-state index contributed by atoms with van der Waals surface area (Å²) < 4.78 is 20.5. The normalized spacial score (nSPS) is 11.8. The van der Waals surface area contributed by atoms with Gasteiger partial charge in [0, 0.05) is 23.7 Å². The fourth-order valence-corrected chi connectivity index (χ4v) is 2.08. The minimum atomic E-state index is -0.451. The molecule has 174 valence electrons. The number of esters is 2. The first-order valence-corrected chi connectivity index (χ1v) is 10.4. The molecular formula is C22H38O8. The number of ketones is 2. The molecule has 0 heterocycles. The second kappa shape index (κ2) is 14.2. The summed E-state index contributed by atoms with van der Waals surface area (Å²) in [5, 5.41) is 0. The zero-order valence-electron chi connectivity index (χ0n) is 19.3. The molecule has 0 bridgehead atoms. The second-order valence-electron chi connectivity index (χ2n) is 9.01. The molecule has 8 heteroatoms. The SMILES string of the molecule is CC(C)(C)C(=O)CCC(=O)OCCOCCOCCOC(=O)CCC(=O)C(C)(C)C. The van der Waals surface area contributed by atoms with E-state index in [0.717, 1.165) is 0 Å². The van der Waals surface area contributed by atoms with E-state index in [0.29, 0.717) is 13.2 Å². The summed E-state index contributed by atoms with van der Waals surface area (Å²) in [4.78, 5) is 46.6. The van der Waals surface area contributed by atoms with Crippen LogP contribution in [-0.4, -0.2) is 63.1 Å². The second-order valence-corrected chi connectivity index (χ2v) is 9.01. The van der Waals surface area contributed by atoms with E-state index in [1.54, 1.807) is 0 Å². The van der Waals surface area contributed by atoms with Crippen LogP contribution >= 0.6 is 0 Å². The standard InChI is InChI=1S/C22H38O8/c1-21(2,3)17(23)7-9-19(25)29-15-13-27-11-12-28-14-16-30-20(26)10-8-18(24)22(4,5)6/h7-16H2,1-6H3. The zero-order chi connectivity index (χ0) is 23.2. The van der Waals surface area contributed by atoms with Gasteiger partial charge in [-0.3, -0.25) is 19.2 Å². The Bertz CT molecular complexity index is 504. The number of rotatable bonds is 15. The molecule has 30 heavy (non-hydrogen) atoms. The molecule has 0 saturated heterocycles. The Morgan fingerprint density at radius 1 is 0.500 bits per heavy atom. The number of hydrogen-bond acceptors (Lipinski definition) is 8. The van der Waals surface area contributed by atoms with Crippen LogP contribution in [0.15, 0.2) is 0 Å². The van der Waals surface area contributed by atoms with Crippen LogP contribution in [0.25, 0.3) is 0 Å². The molecule has 0 aliphatic rings. The molecule has 0 aliphatic heterocycles. The topological polar surface area (TPSA) is 105 Å². The summed E-state index contributed by atoms with van der Waals surface area (Å²) >= 11 is 0. The number of ether oxygens (including phenoxy) is 4. The fourth-order valence-electron chi connectivity index (χ4n) is 2.08. The van der Waals surface area contributed by atoms with Gasteiger partial charge in [-0.2, -0.15) is 0 Å². The van der Waals surface area contributed by atoms with Crippen LogP contribution in [0.1, 0.15) is 67.2 Å². The van der Waals surface area contributed by atoms with E-state index in [1.807, 2.05) is 41.5 Å². The molecule has 0 spiro atoms. The third-order valence-electron chi connectivity index (χ3n) is 4.14. The lowest BCUT2D eigenvalue weighted by molar-refractivity contribution is -0.148. The molecule has 0 atom stereocenters. The maximum absolute atomic E-state index is 11.7. The van der Waals surface area contributed by atoms with Crippen LogP contribution in [0, 0.1) is 10.8 Å². The number of carbonyl (C=O) groups excluding carboxylic acids is 4. The van der Waals surface area contributed by atoms with E-state index in [-0.39, 0.29) is 63.7 Å². The van der Waals surface area contributed by atoms with Crippen molar-refractivity contribution in [3.63, 3.8) is 0 Å². The smallest absolute Gasteiger partial charge is 0.306 e. The Morgan fingerprint density at radius 3 is 1.10 bits per heavy atom. The summed E-state index contributed by atoms with van der Waals surface area (Å²) in [5.41, 5.74) is -0.903. The minimum Gasteiger partial charge on any atom is -0.463 e. The van der Waals surface area contributed by atoms with Crippen molar-refractivity contribution in [2.24, 2.45) is 10.8 Å². The van der Waals surface area contributed by atoms with Gasteiger partial charge in [0.15, 0.2) is 0 Å². The van der Waals surface area contributed by atoms with Gasteiger partial charge in [0.25, 0.3) is 0 Å². The molecule has 0 aromatic heterocycles. The van der Waals surface area contributed by atoms with E-state index in [4.69, 9.17) is 18.9 Å². The van der Waals surface area contributed by atoms with Crippen LogP contribution in [0.5, 0.6) is 0 Å². The molecule has 0 aromatic rings. The van der Waals surface area contributed by atoms with E-state index in [9.17, 15) is 19.2 Å². The van der Waals surface area contributed by atoms with Crippen LogP contribution in [-0.2, 0) is 38.1 Å². The predicted molar refractivity (Wildman–Crippen MR) is 111 cm³/mol. The zero-order valence-corrected chi connectivity index (χ0v) is 19.3. The number of Topliss-reactive ketones (excluding diaryl/α,β-unsaturated/α-hetero) is 2. The van der Waals surface area contributed by atoms with Crippen molar-refractivity contribution < 1.29 is 38.1 Å². The maximum atomic E-state index is 11.7. The van der Waals surface area contributed by atoms with Crippen molar-refractivity contribution in [1.29, 1.82) is 0 Å². The first-order valence-electron chi connectivity index (χ1n) is 10.4. The molecule has 0 aliphatic carbocycles. The van der Waals surface area contributed by atoms with Crippen molar-refractivity contribution in [2.75, 3.05) is 39.6 Å². The van der Waals surface area contributed by atoms with Gasteiger partial charge in [-0.15, -0.1) is 0 Å². The van der Waals surface area contributed by atoms with Gasteiger partial charge in [0.05, 0.1) is 39.3 Å². The van der Waals surface area contributed by atoms with Gasteiger partial charge in [-0.1, -0.05) is 41.5 Å². The van der Waals surface area contributed by atoms with Crippen molar-refractivity contribution in [2.45, 2.75) is 67.2 Å². The molecule has 0 N–H and O–H groups in total. The molecule has 0 radical (unpaired) electrons. The average Bonchev–Trinajstić information content (AvgIpc) is 2.63. The van der Waals surface area contributed by atoms with Crippen molar-refractivity contribution >= 4 is 23.5 Å². The molecule has 0 amide bonds. The van der Waals surface area contributed by atoms with E-state index >= 15 is 0 Å². The predicted octanol–water partition coefficient (Wildman–Crippen LogP) is 2.90. The fraction of sp³-hybridized carbons (Fsp3) is 0.818. The van der Waals surface area contributed by atoms with E-state index < -0.39 is 22.8 Å². The summed E-state index contributed by atoms with van der Waals surface area (Å²) in [6, 6.07) is 0. The molecule has 0 unspecified atom stereocenters. The highest BCUT2D eigenvalue weighted by molar-refractivity contribution is 5.87. The molecular weight excluding hydrogens is 392 g/mol. The summed E-state index contributed by atoms with van der Waals surface area (Å²) in [6.07, 6.45) is 0.494. The highest BCUT2D eigenvalue weighted by Gasteiger charge is 2.22. The van der Waals surface area contributed by atoms with Gasteiger partial charge in [-0.25, -0.2) is 0 Å². The van der Waals surface area contributed by atoms with Gasteiger partial charge in [0.2, 0.25) is 0 Å². The summed E-state index contributed by atoms with van der Waals surface area (Å²) in [7, 11) is 0. The molecule has 0 fully saturated rings. The first-order chi connectivity index (χ1) is 13.8. The maximum Gasteiger partial charge on any atom is 0.306 e. The molecule has 8 nitrogen and oxygen atoms in total. The van der Waals surface area contributed by atoms with Crippen molar-refractivity contribution in [1.82, 2.24) is 0 Å². The van der Waals surface area contributed by atoms with Gasteiger partial charge in [-0.05, 0) is 0 Å². The Hall–Kier alpha value is -1.80. The summed E-state index contributed by atoms with van der Waals surface area (Å²) in [5.74, 6) is -0.786. The van der Waals surface area contributed by atoms with Gasteiger partial charge < -0.3 is 18.9 Å². The van der Waals surface area contributed by atoms with Gasteiger partial charge >= 0.3 is 11.9 Å². The van der Waals surface area contributed by atoms with Crippen molar-refractivity contribution in [3.05, 3.63) is 0 Å². The third-order valence-corrected chi connectivity index (χ3v) is 4.14. The van der Waals surface area contributed by atoms with Crippen LogP contribution < -0.4 is 0 Å². The van der Waals surface area contributed by atoms with Crippen molar-refractivity contribution in [3.8, 4) is 0 Å². The number of carbonyl (C=O) groups is 4. The Kier molecular flexibility index (Phi) is 13.4. The average molecular weight is 431 g/mol. The van der Waals surface area contributed by atoms with Crippen LogP contribution in [0.4, 0.5) is 0 Å². The Balaban J connectivity index is 3.52.